The van der Waals surface area contributed by atoms with E-state index in [1.807, 2.05) is 48.5 Å². The van der Waals surface area contributed by atoms with Crippen molar-refractivity contribution in [2.45, 2.75) is 13.0 Å². The highest BCUT2D eigenvalue weighted by Gasteiger charge is 2.06. The Bertz CT molecular complexity index is 680. The molecule has 0 aliphatic heterocycles. The van der Waals surface area contributed by atoms with Gasteiger partial charge in [-0.25, -0.2) is 0 Å². The molecular weight excluding hydrogens is 234 g/mol. The molecule has 19 heavy (non-hydrogen) atoms. The van der Waals surface area contributed by atoms with Crippen LogP contribution in [-0.4, -0.2) is 10.2 Å². The summed E-state index contributed by atoms with van der Waals surface area (Å²) in [5, 5.41) is 12.9. The first-order valence-electron chi connectivity index (χ1n) is 6.37. The second-order valence-electron chi connectivity index (χ2n) is 4.57. The van der Waals surface area contributed by atoms with Crippen LogP contribution in [0.5, 0.6) is 0 Å². The number of benzene rings is 2. The molecule has 0 radical (unpaired) electrons. The van der Waals surface area contributed by atoms with Crippen LogP contribution in [0.3, 0.4) is 0 Å². The third kappa shape index (κ3) is 2.55. The Morgan fingerprint density at radius 2 is 1.63 bits per heavy atom. The molecule has 1 aromatic heterocycles. The molecule has 3 nitrogen and oxygen atoms in total. The predicted molar refractivity (Wildman–Crippen MR) is 78.0 cm³/mol. The van der Waals surface area contributed by atoms with Gasteiger partial charge >= 0.3 is 0 Å². The fourth-order valence-corrected chi connectivity index (χ4v) is 2.10. The van der Waals surface area contributed by atoms with Gasteiger partial charge in [0.1, 0.15) is 5.82 Å². The Morgan fingerprint density at radius 1 is 0.895 bits per heavy atom. The van der Waals surface area contributed by atoms with E-state index in [9.17, 15) is 0 Å². The van der Waals surface area contributed by atoms with Crippen molar-refractivity contribution < 1.29 is 0 Å². The van der Waals surface area contributed by atoms with Gasteiger partial charge in [0.25, 0.3) is 0 Å². The topological polar surface area (TPSA) is 37.8 Å². The largest absolute Gasteiger partial charge is 0.362 e. The minimum atomic E-state index is 0.205. The van der Waals surface area contributed by atoms with E-state index in [0.717, 1.165) is 16.7 Å². The molecule has 0 amide bonds. The van der Waals surface area contributed by atoms with Crippen molar-refractivity contribution >= 4 is 16.7 Å². The van der Waals surface area contributed by atoms with E-state index in [1.54, 1.807) is 0 Å². The molecule has 0 saturated heterocycles. The minimum absolute atomic E-state index is 0.205. The monoisotopic (exact) mass is 249 g/mol. The molecule has 1 N–H and O–H groups in total. The van der Waals surface area contributed by atoms with E-state index in [4.69, 9.17) is 0 Å². The summed E-state index contributed by atoms with van der Waals surface area (Å²) in [4.78, 5) is 0. The van der Waals surface area contributed by atoms with Gasteiger partial charge in [-0.2, -0.15) is 0 Å². The molecule has 2 aromatic carbocycles. The number of rotatable bonds is 3. The fourth-order valence-electron chi connectivity index (χ4n) is 2.10. The zero-order valence-corrected chi connectivity index (χ0v) is 10.7. The lowest BCUT2D eigenvalue weighted by Crippen LogP contribution is -2.08. The van der Waals surface area contributed by atoms with E-state index in [0.29, 0.717) is 0 Å². The summed E-state index contributed by atoms with van der Waals surface area (Å²) in [5.74, 6) is 0.801. The molecule has 1 heterocycles. The third-order valence-corrected chi connectivity index (χ3v) is 3.16. The highest BCUT2D eigenvalue weighted by molar-refractivity contribution is 5.80. The number of anilines is 1. The van der Waals surface area contributed by atoms with Crippen LogP contribution < -0.4 is 5.32 Å². The molecule has 3 aromatic rings. The highest BCUT2D eigenvalue weighted by Crippen LogP contribution is 2.19. The smallest absolute Gasteiger partial charge is 0.149 e. The fraction of sp³-hybridized carbons (Fsp3) is 0.125. The maximum absolute atomic E-state index is 4.22. The van der Waals surface area contributed by atoms with Crippen LogP contribution in [0, 0.1) is 0 Å². The molecule has 1 unspecified atom stereocenters. The van der Waals surface area contributed by atoms with E-state index in [2.05, 4.69) is 34.6 Å². The first-order chi connectivity index (χ1) is 9.33. The summed E-state index contributed by atoms with van der Waals surface area (Å²) in [6.45, 7) is 2.12. The first kappa shape index (κ1) is 11.7. The highest BCUT2D eigenvalue weighted by atomic mass is 15.2. The van der Waals surface area contributed by atoms with E-state index in [1.165, 1.54) is 5.56 Å². The van der Waals surface area contributed by atoms with Crippen LogP contribution in [0.2, 0.25) is 0 Å². The first-order valence-corrected chi connectivity index (χ1v) is 6.37. The van der Waals surface area contributed by atoms with Gasteiger partial charge in [-0.1, -0.05) is 48.5 Å². The predicted octanol–water partition coefficient (Wildman–Crippen LogP) is 3.80. The average molecular weight is 249 g/mol. The second kappa shape index (κ2) is 5.06. The zero-order chi connectivity index (χ0) is 13.1. The van der Waals surface area contributed by atoms with Crippen LogP contribution in [0.1, 0.15) is 18.5 Å². The summed E-state index contributed by atoms with van der Waals surface area (Å²) in [6.07, 6.45) is 0. The summed E-state index contributed by atoms with van der Waals surface area (Å²) >= 11 is 0. The van der Waals surface area contributed by atoms with Gasteiger partial charge < -0.3 is 5.32 Å². The Balaban J connectivity index is 1.85. The number of nitrogens with one attached hydrogen (secondary N) is 1. The molecular formula is C16H15N3. The summed E-state index contributed by atoms with van der Waals surface area (Å²) < 4.78 is 0. The van der Waals surface area contributed by atoms with Gasteiger partial charge in [0.2, 0.25) is 0 Å². The van der Waals surface area contributed by atoms with Crippen molar-refractivity contribution in [3.05, 3.63) is 66.2 Å². The minimum Gasteiger partial charge on any atom is -0.362 e. The lowest BCUT2D eigenvalue weighted by Gasteiger charge is -2.14. The molecule has 3 heteroatoms. The number of aromatic nitrogens is 2. The van der Waals surface area contributed by atoms with Crippen LogP contribution in [0.25, 0.3) is 10.9 Å². The van der Waals surface area contributed by atoms with Gasteiger partial charge in [-0.05, 0) is 24.6 Å². The van der Waals surface area contributed by atoms with Crippen molar-refractivity contribution in [2.75, 3.05) is 5.32 Å². The molecule has 0 spiro atoms. The molecule has 94 valence electrons. The van der Waals surface area contributed by atoms with Crippen molar-refractivity contribution in [3.8, 4) is 0 Å². The van der Waals surface area contributed by atoms with E-state index in [-0.39, 0.29) is 6.04 Å². The van der Waals surface area contributed by atoms with Crippen molar-refractivity contribution in [1.82, 2.24) is 10.2 Å². The Labute approximate surface area is 112 Å². The molecule has 0 aliphatic carbocycles. The summed E-state index contributed by atoms with van der Waals surface area (Å²) in [6, 6.07) is 20.5. The van der Waals surface area contributed by atoms with Crippen molar-refractivity contribution in [3.63, 3.8) is 0 Å². The lowest BCUT2D eigenvalue weighted by molar-refractivity contribution is 0.865. The molecule has 1 atom stereocenters. The van der Waals surface area contributed by atoms with Crippen LogP contribution in [-0.2, 0) is 0 Å². The molecule has 0 fully saturated rings. The number of hydrogen-bond acceptors (Lipinski definition) is 3. The molecule has 0 aliphatic rings. The lowest BCUT2D eigenvalue weighted by atomic mass is 10.1. The Hall–Kier alpha value is -2.42. The quantitative estimate of drug-likeness (QED) is 0.767. The SMILES string of the molecule is CC(Nc1cc2ccccc2nn1)c1ccccc1. The molecule has 3 rings (SSSR count). The third-order valence-electron chi connectivity index (χ3n) is 3.16. The van der Waals surface area contributed by atoms with Crippen LogP contribution in [0.15, 0.2) is 60.7 Å². The van der Waals surface area contributed by atoms with Gasteiger partial charge in [-0.15, -0.1) is 10.2 Å². The summed E-state index contributed by atoms with van der Waals surface area (Å²) in [5.41, 5.74) is 2.15. The maximum Gasteiger partial charge on any atom is 0.149 e. The van der Waals surface area contributed by atoms with Crippen molar-refractivity contribution in [2.24, 2.45) is 0 Å². The molecule has 0 bridgehead atoms. The number of nitrogens with zero attached hydrogens (tertiary/aromatic N) is 2. The second-order valence-corrected chi connectivity index (χ2v) is 4.57. The summed E-state index contributed by atoms with van der Waals surface area (Å²) in [7, 11) is 0. The van der Waals surface area contributed by atoms with Crippen molar-refractivity contribution in [1.29, 1.82) is 0 Å². The van der Waals surface area contributed by atoms with Gasteiger partial charge in [0.15, 0.2) is 0 Å². The molecule has 0 saturated carbocycles. The normalized spacial score (nSPS) is 12.3. The van der Waals surface area contributed by atoms with Gasteiger partial charge in [0, 0.05) is 11.4 Å². The van der Waals surface area contributed by atoms with E-state index < -0.39 is 0 Å². The van der Waals surface area contributed by atoms with Crippen LogP contribution in [0.4, 0.5) is 5.82 Å². The van der Waals surface area contributed by atoms with Crippen LogP contribution >= 0.6 is 0 Å². The van der Waals surface area contributed by atoms with Gasteiger partial charge in [-0.3, -0.25) is 0 Å². The number of fused-ring (bicyclic) bond motifs is 1. The maximum atomic E-state index is 4.22. The van der Waals surface area contributed by atoms with E-state index >= 15 is 0 Å². The zero-order valence-electron chi connectivity index (χ0n) is 10.7. The Kier molecular flexibility index (Phi) is 3.11. The Morgan fingerprint density at radius 3 is 2.47 bits per heavy atom. The number of hydrogen-bond donors (Lipinski definition) is 1. The standard InChI is InChI=1S/C16H15N3/c1-12(13-7-3-2-4-8-13)17-16-11-14-9-5-6-10-15(14)18-19-16/h2-12H,1H3,(H,17,19). The van der Waals surface area contributed by atoms with Gasteiger partial charge in [0.05, 0.1) is 5.52 Å². The average Bonchev–Trinajstić information content (AvgIpc) is 2.48.